The molecule has 6 heteroatoms. The molecule has 0 saturated heterocycles. The number of anilines is 1. The van der Waals surface area contributed by atoms with Gasteiger partial charge in [0.15, 0.2) is 0 Å². The molecular weight excluding hydrogens is 233 g/mol. The van der Waals surface area contributed by atoms with Gasteiger partial charge in [-0.1, -0.05) is 21.9 Å². The van der Waals surface area contributed by atoms with Gasteiger partial charge in [-0.05, 0) is 25.1 Å². The minimum Gasteiger partial charge on any atom is -0.377 e. The monoisotopic (exact) mass is 241 g/mol. The highest BCUT2D eigenvalue weighted by Crippen LogP contribution is 2.20. The van der Waals surface area contributed by atoms with E-state index in [2.05, 4.69) is 20.3 Å². The number of benzene rings is 1. The van der Waals surface area contributed by atoms with Crippen molar-refractivity contribution in [3.05, 3.63) is 40.4 Å². The molecule has 2 rings (SSSR count). The van der Waals surface area contributed by atoms with Crippen LogP contribution in [0, 0.1) is 12.7 Å². The van der Waals surface area contributed by atoms with E-state index in [1.165, 1.54) is 18.2 Å². The topological polar surface area (TPSA) is 51.0 Å². The smallest absolute Gasteiger partial charge is 0.146 e. The summed E-state index contributed by atoms with van der Waals surface area (Å²) in [6.45, 7) is 2.11. The van der Waals surface area contributed by atoms with Crippen LogP contribution in [0.5, 0.6) is 0 Å². The number of nitrogens with one attached hydrogen (secondary N) is 1. The average molecular weight is 242 g/mol. The first-order valence-electron chi connectivity index (χ1n) is 4.64. The van der Waals surface area contributed by atoms with Crippen LogP contribution < -0.4 is 5.32 Å². The Morgan fingerprint density at radius 2 is 2.25 bits per heavy atom. The largest absolute Gasteiger partial charge is 0.377 e. The Balaban J connectivity index is 2.10. The second kappa shape index (κ2) is 4.49. The number of rotatable bonds is 3. The normalized spacial score (nSPS) is 10.4. The molecule has 16 heavy (non-hydrogen) atoms. The van der Waals surface area contributed by atoms with Crippen LogP contribution in [0.4, 0.5) is 10.1 Å². The van der Waals surface area contributed by atoms with E-state index in [0.29, 0.717) is 28.6 Å². The molecule has 0 aliphatic rings. The summed E-state index contributed by atoms with van der Waals surface area (Å²) >= 11 is 5.76. The molecule has 0 atom stereocenters. The summed E-state index contributed by atoms with van der Waals surface area (Å²) in [5.74, 6) is -0.362. The molecule has 0 fully saturated rings. The van der Waals surface area contributed by atoms with Crippen LogP contribution >= 0.6 is 11.6 Å². The van der Waals surface area contributed by atoms with E-state index in [1.807, 2.05) is 0 Å². The predicted molar refractivity (Wildman–Crippen MR) is 57.8 cm³/mol. The van der Waals surface area contributed by atoms with E-state index < -0.39 is 0 Å². The molecule has 0 aliphatic heterocycles. The van der Waals surface area contributed by atoms with E-state index in [0.717, 1.165) is 0 Å². The highest BCUT2D eigenvalue weighted by molar-refractivity contribution is 6.30. The molecule has 84 valence electrons. The Bertz CT molecular complexity index is 501. The number of hydrogen-bond donors (Lipinski definition) is 1. The quantitative estimate of drug-likeness (QED) is 0.898. The molecule has 2 aromatic rings. The third-order valence-corrected chi connectivity index (χ3v) is 2.36. The van der Waals surface area contributed by atoms with Crippen molar-refractivity contribution in [1.29, 1.82) is 0 Å². The first-order chi connectivity index (χ1) is 7.66. The van der Waals surface area contributed by atoms with Gasteiger partial charge in [-0.15, -0.1) is 0 Å². The van der Waals surface area contributed by atoms with E-state index in [-0.39, 0.29) is 5.82 Å². The number of nitrogens with zero attached hydrogens (tertiary/aromatic N) is 2. The van der Waals surface area contributed by atoms with Crippen molar-refractivity contribution in [2.75, 3.05) is 5.32 Å². The minimum atomic E-state index is -0.362. The van der Waals surface area contributed by atoms with Gasteiger partial charge >= 0.3 is 0 Å². The molecular formula is C10H9ClFN3O. The van der Waals surface area contributed by atoms with Gasteiger partial charge in [0, 0.05) is 5.02 Å². The van der Waals surface area contributed by atoms with Gasteiger partial charge < -0.3 is 5.32 Å². The van der Waals surface area contributed by atoms with Gasteiger partial charge in [0.1, 0.15) is 17.2 Å². The third kappa shape index (κ3) is 2.30. The second-order valence-electron chi connectivity index (χ2n) is 3.27. The molecule has 0 spiro atoms. The van der Waals surface area contributed by atoms with Crippen molar-refractivity contribution in [3.63, 3.8) is 0 Å². The molecule has 1 N–H and O–H groups in total. The Hall–Kier alpha value is -1.62. The van der Waals surface area contributed by atoms with Crippen LogP contribution in [0.25, 0.3) is 0 Å². The standard InChI is InChI=1S/C10H9ClFN3O/c1-6-10(15-16-14-6)5-13-9-4-7(11)2-3-8(9)12/h2-4,13H,5H2,1H3. The second-order valence-corrected chi connectivity index (χ2v) is 3.71. The molecule has 0 saturated carbocycles. The lowest BCUT2D eigenvalue weighted by atomic mass is 10.3. The van der Waals surface area contributed by atoms with Crippen molar-refractivity contribution < 1.29 is 9.02 Å². The number of aryl methyl sites for hydroxylation is 1. The summed E-state index contributed by atoms with van der Waals surface area (Å²) in [4.78, 5) is 0. The van der Waals surface area contributed by atoms with Crippen LogP contribution in [-0.4, -0.2) is 10.3 Å². The zero-order chi connectivity index (χ0) is 11.5. The van der Waals surface area contributed by atoms with E-state index >= 15 is 0 Å². The molecule has 0 amide bonds. The SMILES string of the molecule is Cc1nonc1CNc1cc(Cl)ccc1F. The zero-order valence-electron chi connectivity index (χ0n) is 8.50. The summed E-state index contributed by atoms with van der Waals surface area (Å²) in [6.07, 6.45) is 0. The lowest BCUT2D eigenvalue weighted by Crippen LogP contribution is -2.03. The minimum absolute atomic E-state index is 0.329. The molecule has 1 heterocycles. The lowest BCUT2D eigenvalue weighted by molar-refractivity contribution is 0.301. The van der Waals surface area contributed by atoms with Gasteiger partial charge in [0.2, 0.25) is 0 Å². The van der Waals surface area contributed by atoms with Crippen molar-refractivity contribution in [2.24, 2.45) is 0 Å². The third-order valence-electron chi connectivity index (χ3n) is 2.12. The fourth-order valence-electron chi connectivity index (χ4n) is 1.22. The molecule has 0 aliphatic carbocycles. The maximum absolute atomic E-state index is 13.3. The van der Waals surface area contributed by atoms with Crippen molar-refractivity contribution in [1.82, 2.24) is 10.3 Å². The molecule has 0 radical (unpaired) electrons. The van der Waals surface area contributed by atoms with Crippen LogP contribution in [0.1, 0.15) is 11.4 Å². The van der Waals surface area contributed by atoms with Crippen molar-refractivity contribution >= 4 is 17.3 Å². The summed E-state index contributed by atoms with van der Waals surface area (Å²) in [7, 11) is 0. The van der Waals surface area contributed by atoms with Crippen molar-refractivity contribution in [2.45, 2.75) is 13.5 Å². The van der Waals surface area contributed by atoms with Gasteiger partial charge in [-0.2, -0.15) is 0 Å². The Kier molecular flexibility index (Phi) is 3.05. The van der Waals surface area contributed by atoms with E-state index in [4.69, 9.17) is 11.6 Å². The molecule has 1 aromatic carbocycles. The van der Waals surface area contributed by atoms with E-state index in [9.17, 15) is 4.39 Å². The number of aromatic nitrogens is 2. The Labute approximate surface area is 96.4 Å². The summed E-state index contributed by atoms with van der Waals surface area (Å²) in [5.41, 5.74) is 1.64. The summed E-state index contributed by atoms with van der Waals surface area (Å²) in [5, 5.41) is 10.6. The summed E-state index contributed by atoms with van der Waals surface area (Å²) in [6, 6.07) is 4.31. The van der Waals surface area contributed by atoms with Crippen LogP contribution in [-0.2, 0) is 6.54 Å². The Morgan fingerprint density at radius 1 is 1.44 bits per heavy atom. The van der Waals surface area contributed by atoms with E-state index in [1.54, 1.807) is 6.92 Å². The molecule has 1 aromatic heterocycles. The highest BCUT2D eigenvalue weighted by Gasteiger charge is 2.07. The summed E-state index contributed by atoms with van der Waals surface area (Å²) < 4.78 is 17.8. The lowest BCUT2D eigenvalue weighted by Gasteiger charge is -2.05. The first kappa shape index (κ1) is 10.9. The molecule has 4 nitrogen and oxygen atoms in total. The van der Waals surface area contributed by atoms with Gasteiger partial charge in [0.25, 0.3) is 0 Å². The maximum Gasteiger partial charge on any atom is 0.146 e. The van der Waals surface area contributed by atoms with Crippen LogP contribution in [0.2, 0.25) is 5.02 Å². The highest BCUT2D eigenvalue weighted by atomic mass is 35.5. The predicted octanol–water partition coefficient (Wildman–Crippen LogP) is 2.78. The number of hydrogen-bond acceptors (Lipinski definition) is 4. The first-order valence-corrected chi connectivity index (χ1v) is 5.01. The Morgan fingerprint density at radius 3 is 2.94 bits per heavy atom. The van der Waals surface area contributed by atoms with Crippen molar-refractivity contribution in [3.8, 4) is 0 Å². The van der Waals surface area contributed by atoms with Crippen LogP contribution in [0.15, 0.2) is 22.8 Å². The average Bonchev–Trinajstić information content (AvgIpc) is 2.66. The zero-order valence-corrected chi connectivity index (χ0v) is 9.25. The number of halogens is 2. The molecule has 0 bridgehead atoms. The van der Waals surface area contributed by atoms with Gasteiger partial charge in [0.05, 0.1) is 12.2 Å². The fourth-order valence-corrected chi connectivity index (χ4v) is 1.39. The van der Waals surface area contributed by atoms with Gasteiger partial charge in [-0.25, -0.2) is 9.02 Å². The van der Waals surface area contributed by atoms with Crippen LogP contribution in [0.3, 0.4) is 0 Å². The maximum atomic E-state index is 13.3. The van der Waals surface area contributed by atoms with Gasteiger partial charge in [-0.3, -0.25) is 0 Å². The fraction of sp³-hybridized carbons (Fsp3) is 0.200. The molecule has 0 unspecified atom stereocenters.